The van der Waals surface area contributed by atoms with E-state index in [1.54, 1.807) is 0 Å². The summed E-state index contributed by atoms with van der Waals surface area (Å²) in [4.78, 5) is 13.8. The molecular weight excluding hydrogens is 233 g/mol. The highest BCUT2D eigenvalue weighted by molar-refractivity contribution is 5.91. The summed E-state index contributed by atoms with van der Waals surface area (Å²) >= 11 is 0. The van der Waals surface area contributed by atoms with Crippen LogP contribution in [0.15, 0.2) is 18.2 Å². The third-order valence-electron chi connectivity index (χ3n) is 2.76. The molecule has 0 aliphatic carbocycles. The molecule has 0 saturated carbocycles. The van der Waals surface area contributed by atoms with Crippen LogP contribution < -0.4 is 11.1 Å². The second-order valence-corrected chi connectivity index (χ2v) is 4.28. The maximum atomic E-state index is 12.9. The third-order valence-corrected chi connectivity index (χ3v) is 2.76. The van der Waals surface area contributed by atoms with Crippen molar-refractivity contribution in [3.05, 3.63) is 24.0 Å². The number of nitrogen functional groups attached to an aromatic ring is 1. The standard InChI is InChI=1S/C13H20FN3O/c1-3-17(2)8-4-5-13(18)16-10-6-7-11(14)12(15)9-10/h6-7,9H,3-5,8,15H2,1-2H3,(H,16,18). The van der Waals surface area contributed by atoms with Gasteiger partial charge in [0.2, 0.25) is 5.91 Å². The predicted octanol–water partition coefficient (Wildman–Crippen LogP) is 2.08. The monoisotopic (exact) mass is 253 g/mol. The Balaban J connectivity index is 2.38. The van der Waals surface area contributed by atoms with E-state index in [0.29, 0.717) is 12.1 Å². The highest BCUT2D eigenvalue weighted by Crippen LogP contribution is 2.16. The Hall–Kier alpha value is -1.62. The Bertz CT molecular complexity index is 409. The molecule has 0 saturated heterocycles. The van der Waals surface area contributed by atoms with Crippen LogP contribution in [-0.4, -0.2) is 30.9 Å². The lowest BCUT2D eigenvalue weighted by Crippen LogP contribution is -2.20. The normalized spacial score (nSPS) is 10.7. The Morgan fingerprint density at radius 2 is 2.22 bits per heavy atom. The van der Waals surface area contributed by atoms with Crippen molar-refractivity contribution in [1.29, 1.82) is 0 Å². The van der Waals surface area contributed by atoms with Crippen molar-refractivity contribution in [2.24, 2.45) is 0 Å². The highest BCUT2D eigenvalue weighted by atomic mass is 19.1. The number of nitrogens with one attached hydrogen (secondary N) is 1. The number of hydrogen-bond acceptors (Lipinski definition) is 3. The van der Waals surface area contributed by atoms with E-state index in [-0.39, 0.29) is 11.6 Å². The zero-order valence-electron chi connectivity index (χ0n) is 10.9. The number of benzene rings is 1. The lowest BCUT2D eigenvalue weighted by molar-refractivity contribution is -0.116. The molecule has 0 atom stereocenters. The predicted molar refractivity (Wildman–Crippen MR) is 71.8 cm³/mol. The maximum Gasteiger partial charge on any atom is 0.224 e. The van der Waals surface area contributed by atoms with Gasteiger partial charge in [0, 0.05) is 12.1 Å². The summed E-state index contributed by atoms with van der Waals surface area (Å²) in [6.07, 6.45) is 1.24. The van der Waals surface area contributed by atoms with Gasteiger partial charge >= 0.3 is 0 Å². The molecule has 1 rings (SSSR count). The maximum absolute atomic E-state index is 12.9. The van der Waals surface area contributed by atoms with Gasteiger partial charge in [-0.2, -0.15) is 0 Å². The van der Waals surface area contributed by atoms with Crippen molar-refractivity contribution in [3.63, 3.8) is 0 Å². The number of hydrogen-bond donors (Lipinski definition) is 2. The van der Waals surface area contributed by atoms with E-state index in [9.17, 15) is 9.18 Å². The van der Waals surface area contributed by atoms with Crippen LogP contribution in [0.1, 0.15) is 19.8 Å². The summed E-state index contributed by atoms with van der Waals surface area (Å²) < 4.78 is 12.9. The van der Waals surface area contributed by atoms with E-state index in [1.807, 2.05) is 7.05 Å². The van der Waals surface area contributed by atoms with E-state index in [4.69, 9.17) is 5.73 Å². The van der Waals surface area contributed by atoms with E-state index in [0.717, 1.165) is 19.5 Å². The molecular formula is C13H20FN3O. The molecule has 0 bridgehead atoms. The van der Waals surface area contributed by atoms with Gasteiger partial charge in [-0.3, -0.25) is 4.79 Å². The fourth-order valence-corrected chi connectivity index (χ4v) is 1.51. The number of carbonyl (C=O) groups excluding carboxylic acids is 1. The number of carbonyl (C=O) groups is 1. The Morgan fingerprint density at radius 3 is 2.83 bits per heavy atom. The summed E-state index contributed by atoms with van der Waals surface area (Å²) in [5.74, 6) is -0.553. The Kier molecular flexibility index (Phi) is 5.58. The molecule has 4 nitrogen and oxygen atoms in total. The summed E-state index contributed by atoms with van der Waals surface area (Å²) in [5.41, 5.74) is 5.99. The molecule has 1 aromatic carbocycles. The quantitative estimate of drug-likeness (QED) is 0.763. The van der Waals surface area contributed by atoms with Gasteiger partial charge < -0.3 is 16.0 Å². The van der Waals surface area contributed by atoms with E-state index in [1.165, 1.54) is 18.2 Å². The van der Waals surface area contributed by atoms with Crippen molar-refractivity contribution < 1.29 is 9.18 Å². The van der Waals surface area contributed by atoms with Gasteiger partial charge in [0.25, 0.3) is 0 Å². The Labute approximate surface area is 107 Å². The van der Waals surface area contributed by atoms with E-state index < -0.39 is 5.82 Å². The van der Waals surface area contributed by atoms with Gasteiger partial charge in [-0.15, -0.1) is 0 Å². The molecule has 1 amide bonds. The lowest BCUT2D eigenvalue weighted by Gasteiger charge is -2.13. The fourth-order valence-electron chi connectivity index (χ4n) is 1.51. The first-order valence-corrected chi connectivity index (χ1v) is 6.06. The lowest BCUT2D eigenvalue weighted by atomic mass is 10.2. The average Bonchev–Trinajstić information content (AvgIpc) is 2.33. The van der Waals surface area contributed by atoms with Crippen molar-refractivity contribution in [2.45, 2.75) is 19.8 Å². The molecule has 0 aliphatic heterocycles. The van der Waals surface area contributed by atoms with E-state index in [2.05, 4.69) is 17.1 Å². The minimum atomic E-state index is -0.474. The van der Waals surface area contributed by atoms with Crippen molar-refractivity contribution >= 4 is 17.3 Å². The zero-order valence-corrected chi connectivity index (χ0v) is 10.9. The summed E-state index contributed by atoms with van der Waals surface area (Å²) in [6, 6.07) is 4.17. The summed E-state index contributed by atoms with van der Waals surface area (Å²) in [5, 5.41) is 2.70. The molecule has 0 aliphatic rings. The summed E-state index contributed by atoms with van der Waals surface area (Å²) in [6.45, 7) is 3.92. The first-order valence-electron chi connectivity index (χ1n) is 6.06. The second-order valence-electron chi connectivity index (χ2n) is 4.28. The smallest absolute Gasteiger partial charge is 0.224 e. The molecule has 0 unspecified atom stereocenters. The number of amides is 1. The van der Waals surface area contributed by atoms with Gasteiger partial charge in [0.15, 0.2) is 0 Å². The number of rotatable bonds is 6. The molecule has 0 radical (unpaired) electrons. The zero-order chi connectivity index (χ0) is 13.5. The molecule has 0 fully saturated rings. The highest BCUT2D eigenvalue weighted by Gasteiger charge is 2.05. The first kappa shape index (κ1) is 14.4. The van der Waals surface area contributed by atoms with Crippen LogP contribution in [0.25, 0.3) is 0 Å². The van der Waals surface area contributed by atoms with Crippen LogP contribution in [-0.2, 0) is 4.79 Å². The molecule has 18 heavy (non-hydrogen) atoms. The van der Waals surface area contributed by atoms with Crippen LogP contribution in [0.5, 0.6) is 0 Å². The summed E-state index contributed by atoms with van der Waals surface area (Å²) in [7, 11) is 2.01. The topological polar surface area (TPSA) is 58.4 Å². The molecule has 100 valence electrons. The third kappa shape index (κ3) is 4.71. The first-order chi connectivity index (χ1) is 8.52. The average molecular weight is 253 g/mol. The van der Waals surface area contributed by atoms with Gasteiger partial charge in [-0.05, 0) is 44.8 Å². The van der Waals surface area contributed by atoms with Crippen LogP contribution in [0, 0.1) is 5.82 Å². The van der Waals surface area contributed by atoms with Crippen molar-refractivity contribution in [2.75, 3.05) is 31.2 Å². The Morgan fingerprint density at radius 1 is 1.50 bits per heavy atom. The number of nitrogens with two attached hydrogens (primary N) is 1. The van der Waals surface area contributed by atoms with Crippen LogP contribution in [0.4, 0.5) is 15.8 Å². The number of anilines is 2. The molecule has 5 heteroatoms. The minimum absolute atomic E-state index is 0.0403. The van der Waals surface area contributed by atoms with Gasteiger partial charge in [-0.25, -0.2) is 4.39 Å². The fraction of sp³-hybridized carbons (Fsp3) is 0.462. The SMILES string of the molecule is CCN(C)CCCC(=O)Nc1ccc(F)c(N)c1. The molecule has 0 spiro atoms. The molecule has 3 N–H and O–H groups in total. The van der Waals surface area contributed by atoms with E-state index >= 15 is 0 Å². The number of halogens is 1. The molecule has 1 aromatic rings. The molecule has 0 aromatic heterocycles. The van der Waals surface area contributed by atoms with Crippen LogP contribution in [0.2, 0.25) is 0 Å². The van der Waals surface area contributed by atoms with Crippen LogP contribution >= 0.6 is 0 Å². The van der Waals surface area contributed by atoms with Gasteiger partial charge in [0.1, 0.15) is 5.82 Å². The van der Waals surface area contributed by atoms with Crippen molar-refractivity contribution in [3.8, 4) is 0 Å². The minimum Gasteiger partial charge on any atom is -0.396 e. The van der Waals surface area contributed by atoms with Gasteiger partial charge in [-0.1, -0.05) is 6.92 Å². The van der Waals surface area contributed by atoms with Crippen molar-refractivity contribution in [1.82, 2.24) is 4.90 Å². The second kappa shape index (κ2) is 6.96. The van der Waals surface area contributed by atoms with Crippen LogP contribution in [0.3, 0.4) is 0 Å². The van der Waals surface area contributed by atoms with Gasteiger partial charge in [0.05, 0.1) is 5.69 Å². The molecule has 0 heterocycles. The number of nitrogens with zero attached hydrogens (tertiary/aromatic N) is 1. The largest absolute Gasteiger partial charge is 0.396 e.